The molecule has 0 bridgehead atoms. The van der Waals surface area contributed by atoms with Gasteiger partial charge in [-0.25, -0.2) is 24.0 Å². The maximum absolute atomic E-state index is 13.0. The van der Waals surface area contributed by atoms with E-state index in [0.717, 1.165) is 24.3 Å². The maximum Gasteiger partial charge on any atom is 0.339 e. The summed E-state index contributed by atoms with van der Waals surface area (Å²) in [7, 11) is 0. The third-order valence-corrected chi connectivity index (χ3v) is 4.83. The average molecular weight is 533 g/mol. The van der Waals surface area contributed by atoms with Gasteiger partial charge in [0.1, 0.15) is 17.2 Å². The topological polar surface area (TPSA) is 132 Å². The molecule has 2 rings (SSSR count). The lowest BCUT2D eigenvalue weighted by atomic mass is 10.0. The standard InChI is InChI=1S/C29H24O10/c1-7-25(30)35-20-14-21(36-26(31)8-2)16-22(15-20)37-29(34)18(6)17(5)19-11-12-23(38-27(32)9-3)24(13-19)39-28(33)10-4/h7-16H,1-4H2,5-6H3. The molecule has 0 aliphatic rings. The molecule has 0 fully saturated rings. The Hall–Kier alpha value is -5.51. The van der Waals surface area contributed by atoms with Crippen molar-refractivity contribution in [1.82, 2.24) is 0 Å². The van der Waals surface area contributed by atoms with Crippen molar-refractivity contribution in [3.8, 4) is 28.7 Å². The molecule has 0 unspecified atom stereocenters. The van der Waals surface area contributed by atoms with Crippen LogP contribution in [0.4, 0.5) is 0 Å². The van der Waals surface area contributed by atoms with Crippen molar-refractivity contribution in [3.05, 3.63) is 98.2 Å². The summed E-state index contributed by atoms with van der Waals surface area (Å²) in [4.78, 5) is 59.6. The molecule has 0 spiro atoms. The Kier molecular flexibility index (Phi) is 10.4. The van der Waals surface area contributed by atoms with Gasteiger partial charge < -0.3 is 23.7 Å². The Morgan fingerprint density at radius 3 is 1.44 bits per heavy atom. The predicted octanol–water partition coefficient (Wildman–Crippen LogP) is 4.45. The van der Waals surface area contributed by atoms with Crippen LogP contribution in [0.1, 0.15) is 19.4 Å². The summed E-state index contributed by atoms with van der Waals surface area (Å²) >= 11 is 0. The molecule has 39 heavy (non-hydrogen) atoms. The van der Waals surface area contributed by atoms with E-state index in [9.17, 15) is 24.0 Å². The molecule has 10 nitrogen and oxygen atoms in total. The van der Waals surface area contributed by atoms with Crippen LogP contribution in [-0.2, 0) is 24.0 Å². The van der Waals surface area contributed by atoms with Gasteiger partial charge in [-0.3, -0.25) is 0 Å². The highest BCUT2D eigenvalue weighted by Crippen LogP contribution is 2.33. The van der Waals surface area contributed by atoms with Crippen LogP contribution in [0, 0.1) is 0 Å². The zero-order valence-electron chi connectivity index (χ0n) is 21.2. The van der Waals surface area contributed by atoms with Gasteiger partial charge in [-0.1, -0.05) is 32.4 Å². The van der Waals surface area contributed by atoms with E-state index in [2.05, 4.69) is 26.3 Å². The van der Waals surface area contributed by atoms with Crippen LogP contribution in [0.5, 0.6) is 28.7 Å². The summed E-state index contributed by atoms with van der Waals surface area (Å²) in [6.45, 7) is 16.4. The fourth-order valence-electron chi connectivity index (χ4n) is 2.80. The number of hydrogen-bond donors (Lipinski definition) is 0. The average Bonchev–Trinajstić information content (AvgIpc) is 2.92. The highest BCUT2D eigenvalue weighted by molar-refractivity contribution is 5.98. The molecule has 0 amide bonds. The molecule has 0 atom stereocenters. The van der Waals surface area contributed by atoms with E-state index in [0.29, 0.717) is 11.1 Å². The highest BCUT2D eigenvalue weighted by Gasteiger charge is 2.18. The summed E-state index contributed by atoms with van der Waals surface area (Å²) in [5.41, 5.74) is 0.999. The second-order valence-corrected chi connectivity index (χ2v) is 7.44. The van der Waals surface area contributed by atoms with Crippen LogP contribution in [0.15, 0.2) is 92.6 Å². The predicted molar refractivity (Wildman–Crippen MR) is 140 cm³/mol. The number of carbonyl (C=O) groups excluding carboxylic acids is 5. The molecule has 2 aromatic rings. The smallest absolute Gasteiger partial charge is 0.339 e. The van der Waals surface area contributed by atoms with E-state index >= 15 is 0 Å². The molecule has 200 valence electrons. The van der Waals surface area contributed by atoms with E-state index in [4.69, 9.17) is 23.7 Å². The van der Waals surface area contributed by atoms with Crippen molar-refractivity contribution >= 4 is 35.4 Å². The molecule has 0 saturated heterocycles. The summed E-state index contributed by atoms with van der Waals surface area (Å²) in [5, 5.41) is 0. The van der Waals surface area contributed by atoms with Gasteiger partial charge in [-0.15, -0.1) is 0 Å². The van der Waals surface area contributed by atoms with Crippen molar-refractivity contribution in [2.45, 2.75) is 13.8 Å². The molecule has 0 radical (unpaired) electrons. The van der Waals surface area contributed by atoms with Crippen molar-refractivity contribution in [1.29, 1.82) is 0 Å². The summed E-state index contributed by atoms with van der Waals surface area (Å²) in [6.07, 6.45) is 3.72. The number of allylic oxidation sites excluding steroid dienone is 1. The van der Waals surface area contributed by atoms with E-state index in [-0.39, 0.29) is 34.3 Å². The Labute approximate surface area is 224 Å². The second kappa shape index (κ2) is 13.7. The Morgan fingerprint density at radius 1 is 0.564 bits per heavy atom. The van der Waals surface area contributed by atoms with Crippen LogP contribution in [0.25, 0.3) is 5.57 Å². The van der Waals surface area contributed by atoms with E-state index in [1.54, 1.807) is 6.92 Å². The first-order valence-corrected chi connectivity index (χ1v) is 11.1. The van der Waals surface area contributed by atoms with Gasteiger partial charge in [0, 0.05) is 48.1 Å². The Morgan fingerprint density at radius 2 is 0.974 bits per heavy atom. The van der Waals surface area contributed by atoms with Gasteiger partial charge in [0.2, 0.25) is 0 Å². The van der Waals surface area contributed by atoms with Gasteiger partial charge in [0.25, 0.3) is 0 Å². The third kappa shape index (κ3) is 8.53. The van der Waals surface area contributed by atoms with Crippen LogP contribution >= 0.6 is 0 Å². The molecule has 0 heterocycles. The third-order valence-electron chi connectivity index (χ3n) is 4.83. The number of benzene rings is 2. The largest absolute Gasteiger partial charge is 0.423 e. The molecule has 0 aliphatic carbocycles. The maximum atomic E-state index is 13.0. The fourth-order valence-corrected chi connectivity index (χ4v) is 2.80. The number of esters is 5. The van der Waals surface area contributed by atoms with Gasteiger partial charge >= 0.3 is 29.8 Å². The Bertz CT molecular complexity index is 1370. The van der Waals surface area contributed by atoms with E-state index in [1.165, 1.54) is 43.3 Å². The second-order valence-electron chi connectivity index (χ2n) is 7.44. The van der Waals surface area contributed by atoms with Crippen LogP contribution in [0.2, 0.25) is 0 Å². The molecular weight excluding hydrogens is 508 g/mol. The first-order chi connectivity index (χ1) is 18.5. The van der Waals surface area contributed by atoms with E-state index < -0.39 is 29.8 Å². The molecule has 10 heteroatoms. The van der Waals surface area contributed by atoms with Gasteiger partial charge in [-0.2, -0.15) is 0 Å². The molecule has 0 saturated carbocycles. The number of ether oxygens (including phenoxy) is 5. The van der Waals surface area contributed by atoms with Gasteiger partial charge in [0.15, 0.2) is 11.5 Å². The fraction of sp³-hybridized carbons (Fsp3) is 0.0690. The molecule has 2 aromatic carbocycles. The zero-order chi connectivity index (χ0) is 29.1. The molecular formula is C29H24O10. The van der Waals surface area contributed by atoms with Crippen LogP contribution in [-0.4, -0.2) is 29.8 Å². The highest BCUT2D eigenvalue weighted by atomic mass is 16.6. The summed E-state index contributed by atoms with van der Waals surface area (Å²) in [5.74, 6) is -4.35. The quantitative estimate of drug-likeness (QED) is 0.232. The molecule has 0 N–H and O–H groups in total. The first kappa shape index (κ1) is 29.7. The molecule has 0 aliphatic heterocycles. The van der Waals surface area contributed by atoms with Gasteiger partial charge in [-0.05, 0) is 37.1 Å². The lowest BCUT2D eigenvalue weighted by Crippen LogP contribution is -2.12. The minimum atomic E-state index is -0.800. The Balaban J connectivity index is 2.43. The summed E-state index contributed by atoms with van der Waals surface area (Å²) in [6, 6.07) is 8.02. The zero-order valence-corrected chi connectivity index (χ0v) is 21.2. The van der Waals surface area contributed by atoms with Crippen molar-refractivity contribution in [2.24, 2.45) is 0 Å². The van der Waals surface area contributed by atoms with Crippen molar-refractivity contribution in [2.75, 3.05) is 0 Å². The lowest BCUT2D eigenvalue weighted by Gasteiger charge is -2.13. The molecule has 0 aromatic heterocycles. The minimum absolute atomic E-state index is 0.0561. The summed E-state index contributed by atoms with van der Waals surface area (Å²) < 4.78 is 25.8. The minimum Gasteiger partial charge on any atom is -0.423 e. The number of carbonyl (C=O) groups is 5. The van der Waals surface area contributed by atoms with Crippen molar-refractivity contribution < 1.29 is 47.7 Å². The number of hydrogen-bond acceptors (Lipinski definition) is 10. The number of rotatable bonds is 11. The van der Waals surface area contributed by atoms with Crippen LogP contribution < -0.4 is 23.7 Å². The first-order valence-electron chi connectivity index (χ1n) is 11.1. The normalized spacial score (nSPS) is 10.6. The van der Waals surface area contributed by atoms with Gasteiger partial charge in [0.05, 0.1) is 0 Å². The van der Waals surface area contributed by atoms with Crippen LogP contribution in [0.3, 0.4) is 0 Å². The SMILES string of the molecule is C=CC(=O)Oc1cc(OC(=O)C=C)cc(OC(=O)C(C)=C(C)c2ccc(OC(=O)C=C)c(OC(=O)C=C)c2)c1. The monoisotopic (exact) mass is 532 g/mol. The van der Waals surface area contributed by atoms with E-state index in [1.807, 2.05) is 0 Å². The lowest BCUT2D eigenvalue weighted by molar-refractivity contribution is -0.131. The van der Waals surface area contributed by atoms with Crippen molar-refractivity contribution in [3.63, 3.8) is 0 Å².